The topological polar surface area (TPSA) is 85.5 Å². The molecule has 7 nitrogen and oxygen atoms in total. The molecule has 0 radical (unpaired) electrons. The van der Waals surface area contributed by atoms with Crippen molar-refractivity contribution in [3.05, 3.63) is 0 Å². The number of carbonyl (C=O) groups is 2. The van der Waals surface area contributed by atoms with Gasteiger partial charge in [-0.05, 0) is 76.5 Å². The summed E-state index contributed by atoms with van der Waals surface area (Å²) in [5.74, 6) is 1.90. The van der Waals surface area contributed by atoms with Crippen LogP contribution in [-0.4, -0.2) is 54.6 Å². The van der Waals surface area contributed by atoms with E-state index in [9.17, 15) is 9.59 Å². The molecule has 0 spiro atoms. The van der Waals surface area contributed by atoms with E-state index in [4.69, 9.17) is 0 Å². The van der Waals surface area contributed by atoms with Gasteiger partial charge in [0.25, 0.3) is 0 Å². The molecule has 0 aromatic carbocycles. The lowest BCUT2D eigenvalue weighted by Gasteiger charge is -2.50. The number of hydrogen-bond donors (Lipinski definition) is 4. The number of hydrazine groups is 1. The van der Waals surface area contributed by atoms with Gasteiger partial charge in [-0.1, -0.05) is 6.92 Å². The second-order valence-corrected chi connectivity index (χ2v) is 10.6. The van der Waals surface area contributed by atoms with Crippen LogP contribution in [-0.2, 0) is 9.59 Å². The Kier molecular flexibility index (Phi) is 6.70. The van der Waals surface area contributed by atoms with Gasteiger partial charge >= 0.3 is 0 Å². The molecule has 1 saturated carbocycles. The Balaban J connectivity index is 1.39. The number of nitrogens with one attached hydrogen (secondary N) is 4. The zero-order valence-electron chi connectivity index (χ0n) is 19.1. The Morgan fingerprint density at radius 2 is 1.80 bits per heavy atom. The van der Waals surface area contributed by atoms with E-state index in [1.165, 1.54) is 0 Å². The fraction of sp³-hybridized carbons (Fsp3) is 0.913. The summed E-state index contributed by atoms with van der Waals surface area (Å²) in [6.07, 6.45) is 6.84. The van der Waals surface area contributed by atoms with Crippen LogP contribution in [0.15, 0.2) is 0 Å². The SMILES string of the molecule is CC1CC2C(CN1)CC(C1CC(C(=O)NC3CCC(C)NN3)CCC1C)C(=O)N2C. The van der Waals surface area contributed by atoms with Crippen molar-refractivity contribution < 1.29 is 9.59 Å². The van der Waals surface area contributed by atoms with Crippen molar-refractivity contribution in [2.45, 2.75) is 90.0 Å². The lowest BCUT2D eigenvalue weighted by molar-refractivity contribution is -0.149. The molecule has 7 heteroatoms. The summed E-state index contributed by atoms with van der Waals surface area (Å²) in [6.45, 7) is 7.64. The molecule has 4 rings (SSSR count). The largest absolute Gasteiger partial charge is 0.342 e. The summed E-state index contributed by atoms with van der Waals surface area (Å²) in [6, 6.07) is 1.29. The third-order valence-corrected chi connectivity index (χ3v) is 8.44. The van der Waals surface area contributed by atoms with Gasteiger partial charge in [-0.15, -0.1) is 0 Å². The number of rotatable bonds is 3. The van der Waals surface area contributed by atoms with Crippen molar-refractivity contribution in [2.75, 3.05) is 13.6 Å². The predicted molar refractivity (Wildman–Crippen MR) is 117 cm³/mol. The fourth-order valence-electron chi connectivity index (χ4n) is 6.41. The first-order valence-corrected chi connectivity index (χ1v) is 12.1. The maximum absolute atomic E-state index is 13.3. The summed E-state index contributed by atoms with van der Waals surface area (Å²) in [7, 11) is 2.00. The minimum Gasteiger partial charge on any atom is -0.342 e. The van der Waals surface area contributed by atoms with Crippen LogP contribution in [0.1, 0.15) is 65.7 Å². The molecule has 9 unspecified atom stereocenters. The number of likely N-dealkylation sites (tertiary alicyclic amines) is 1. The molecule has 0 bridgehead atoms. The molecule has 3 aliphatic heterocycles. The molecule has 4 fully saturated rings. The fourth-order valence-corrected chi connectivity index (χ4v) is 6.41. The van der Waals surface area contributed by atoms with Gasteiger partial charge in [-0.2, -0.15) is 0 Å². The average molecular weight is 420 g/mol. The third-order valence-electron chi connectivity index (χ3n) is 8.44. The summed E-state index contributed by atoms with van der Waals surface area (Å²) in [5.41, 5.74) is 6.45. The molecule has 2 amide bonds. The highest BCUT2D eigenvalue weighted by atomic mass is 16.2. The molecule has 0 aromatic heterocycles. The van der Waals surface area contributed by atoms with Crippen LogP contribution >= 0.6 is 0 Å². The van der Waals surface area contributed by atoms with E-state index < -0.39 is 0 Å². The van der Waals surface area contributed by atoms with E-state index in [0.29, 0.717) is 41.8 Å². The highest BCUT2D eigenvalue weighted by Gasteiger charge is 2.47. The van der Waals surface area contributed by atoms with Crippen LogP contribution in [0.4, 0.5) is 0 Å². The number of fused-ring (bicyclic) bond motifs is 1. The molecule has 1 aliphatic carbocycles. The number of amides is 2. The van der Waals surface area contributed by atoms with Gasteiger partial charge in [-0.3, -0.25) is 15.0 Å². The van der Waals surface area contributed by atoms with Gasteiger partial charge in [0.15, 0.2) is 0 Å². The maximum atomic E-state index is 13.3. The van der Waals surface area contributed by atoms with Crippen LogP contribution in [0, 0.1) is 29.6 Å². The number of carbonyl (C=O) groups excluding carboxylic acids is 2. The van der Waals surface area contributed by atoms with E-state index >= 15 is 0 Å². The Hall–Kier alpha value is -1.18. The highest BCUT2D eigenvalue weighted by Crippen LogP contribution is 2.44. The van der Waals surface area contributed by atoms with Gasteiger partial charge in [0.1, 0.15) is 0 Å². The van der Waals surface area contributed by atoms with Crippen molar-refractivity contribution >= 4 is 11.8 Å². The van der Waals surface area contributed by atoms with E-state index in [2.05, 4.69) is 42.3 Å². The smallest absolute Gasteiger partial charge is 0.225 e. The molecule has 170 valence electrons. The lowest BCUT2D eigenvalue weighted by Crippen LogP contribution is -2.60. The van der Waals surface area contributed by atoms with Gasteiger partial charge in [0.2, 0.25) is 11.8 Å². The van der Waals surface area contributed by atoms with Crippen LogP contribution in [0.3, 0.4) is 0 Å². The van der Waals surface area contributed by atoms with Crippen molar-refractivity contribution in [1.29, 1.82) is 0 Å². The van der Waals surface area contributed by atoms with E-state index in [-0.39, 0.29) is 23.9 Å². The van der Waals surface area contributed by atoms with E-state index in [0.717, 1.165) is 51.5 Å². The molecule has 3 heterocycles. The van der Waals surface area contributed by atoms with E-state index in [1.807, 2.05) is 11.9 Å². The summed E-state index contributed by atoms with van der Waals surface area (Å²) >= 11 is 0. The minimum atomic E-state index is 0.00464. The van der Waals surface area contributed by atoms with Gasteiger partial charge in [0.05, 0.1) is 6.17 Å². The Morgan fingerprint density at radius 3 is 2.53 bits per heavy atom. The first-order valence-electron chi connectivity index (χ1n) is 12.1. The van der Waals surface area contributed by atoms with Crippen molar-refractivity contribution in [2.24, 2.45) is 29.6 Å². The molecule has 3 saturated heterocycles. The van der Waals surface area contributed by atoms with E-state index in [1.54, 1.807) is 0 Å². The first-order chi connectivity index (χ1) is 14.3. The lowest BCUT2D eigenvalue weighted by atomic mass is 9.64. The summed E-state index contributed by atoms with van der Waals surface area (Å²) in [4.78, 5) is 28.4. The average Bonchev–Trinajstić information content (AvgIpc) is 2.73. The minimum absolute atomic E-state index is 0.00464. The second-order valence-electron chi connectivity index (χ2n) is 10.6. The van der Waals surface area contributed by atoms with Crippen LogP contribution in [0.2, 0.25) is 0 Å². The van der Waals surface area contributed by atoms with Gasteiger partial charge in [-0.25, -0.2) is 5.43 Å². The molecule has 4 aliphatic rings. The first kappa shape index (κ1) is 22.0. The van der Waals surface area contributed by atoms with Crippen molar-refractivity contribution in [1.82, 2.24) is 26.4 Å². The van der Waals surface area contributed by atoms with Gasteiger partial charge < -0.3 is 15.5 Å². The summed E-state index contributed by atoms with van der Waals surface area (Å²) in [5, 5.41) is 6.81. The predicted octanol–water partition coefficient (Wildman–Crippen LogP) is 1.60. The molecule has 9 atom stereocenters. The summed E-state index contributed by atoms with van der Waals surface area (Å²) < 4.78 is 0. The Labute approximate surface area is 181 Å². The normalized spacial score (nSPS) is 45.0. The Bertz CT molecular complexity index is 635. The van der Waals surface area contributed by atoms with Crippen LogP contribution < -0.4 is 21.5 Å². The van der Waals surface area contributed by atoms with Crippen LogP contribution in [0.5, 0.6) is 0 Å². The van der Waals surface area contributed by atoms with Crippen LogP contribution in [0.25, 0.3) is 0 Å². The molecular weight excluding hydrogens is 378 g/mol. The monoisotopic (exact) mass is 419 g/mol. The zero-order valence-corrected chi connectivity index (χ0v) is 19.1. The molecule has 30 heavy (non-hydrogen) atoms. The zero-order chi connectivity index (χ0) is 21.4. The highest BCUT2D eigenvalue weighted by molar-refractivity contribution is 5.81. The number of hydrogen-bond acceptors (Lipinski definition) is 5. The van der Waals surface area contributed by atoms with Crippen molar-refractivity contribution in [3.8, 4) is 0 Å². The quantitative estimate of drug-likeness (QED) is 0.558. The number of piperidine rings is 2. The Morgan fingerprint density at radius 1 is 1.00 bits per heavy atom. The van der Waals surface area contributed by atoms with Gasteiger partial charge in [0, 0.05) is 43.6 Å². The molecule has 4 N–H and O–H groups in total. The standard InChI is InChI=1S/C23H41N5O2/c1-13-5-7-16(22(29)25-21-8-6-14(2)26-27-21)10-18(13)19-11-17-12-24-15(3)9-20(17)28(4)23(19)30/h13-21,24,26-27H,5-12H2,1-4H3,(H,25,29). The van der Waals surface area contributed by atoms with Crippen molar-refractivity contribution in [3.63, 3.8) is 0 Å². The number of nitrogens with zero attached hydrogens (tertiary/aromatic N) is 1. The maximum Gasteiger partial charge on any atom is 0.225 e. The third kappa shape index (κ3) is 4.53. The second kappa shape index (κ2) is 9.13. The molecule has 0 aromatic rings. The molecular formula is C23H41N5O2.